The van der Waals surface area contributed by atoms with Gasteiger partial charge in [-0.2, -0.15) is 0 Å². The molecule has 1 fully saturated rings. The third-order valence-corrected chi connectivity index (χ3v) is 3.13. The van der Waals surface area contributed by atoms with Crippen LogP contribution in [-0.2, 0) is 4.79 Å². The van der Waals surface area contributed by atoms with E-state index in [4.69, 9.17) is 5.73 Å². The van der Waals surface area contributed by atoms with Gasteiger partial charge in [0.1, 0.15) is 0 Å². The molecule has 1 unspecified atom stereocenters. The Balaban J connectivity index is 2.30. The third-order valence-electron chi connectivity index (χ3n) is 3.13. The van der Waals surface area contributed by atoms with E-state index in [1.54, 1.807) is 0 Å². The van der Waals surface area contributed by atoms with E-state index in [1.807, 2.05) is 0 Å². The molecule has 0 aromatic carbocycles. The van der Waals surface area contributed by atoms with Crippen molar-refractivity contribution in [2.24, 2.45) is 23.5 Å². The predicted molar refractivity (Wildman–Crippen MR) is 62.3 cm³/mol. The van der Waals surface area contributed by atoms with Gasteiger partial charge in [0.25, 0.3) is 0 Å². The maximum atomic E-state index is 11.8. The average molecular weight is 212 g/mol. The van der Waals surface area contributed by atoms with Crippen LogP contribution in [0, 0.1) is 17.8 Å². The van der Waals surface area contributed by atoms with Crippen LogP contribution in [0.1, 0.15) is 40.0 Å². The molecule has 0 spiro atoms. The van der Waals surface area contributed by atoms with E-state index >= 15 is 0 Å². The van der Waals surface area contributed by atoms with E-state index in [0.29, 0.717) is 18.5 Å². The summed E-state index contributed by atoms with van der Waals surface area (Å²) in [6.45, 7) is 6.94. The molecule has 0 heterocycles. The van der Waals surface area contributed by atoms with Crippen molar-refractivity contribution < 1.29 is 4.79 Å². The van der Waals surface area contributed by atoms with Crippen molar-refractivity contribution in [2.75, 3.05) is 6.54 Å². The van der Waals surface area contributed by atoms with Gasteiger partial charge in [-0.05, 0) is 31.1 Å². The van der Waals surface area contributed by atoms with Gasteiger partial charge in [-0.15, -0.1) is 0 Å². The number of carbonyl (C=O) groups excluding carboxylic acids is 1. The van der Waals surface area contributed by atoms with Gasteiger partial charge in [0, 0.05) is 12.6 Å². The van der Waals surface area contributed by atoms with Crippen LogP contribution in [0.2, 0.25) is 0 Å². The normalized spacial score (nSPS) is 27.3. The van der Waals surface area contributed by atoms with Crippen LogP contribution in [0.4, 0.5) is 0 Å². The molecule has 1 saturated carbocycles. The Hall–Kier alpha value is -0.570. The SMILES string of the molecule is CC(C)CC(CN)C(=O)NC1CC(C)C1. The number of hydrogen-bond acceptors (Lipinski definition) is 2. The highest BCUT2D eigenvalue weighted by atomic mass is 16.2. The Labute approximate surface area is 92.8 Å². The van der Waals surface area contributed by atoms with Gasteiger partial charge in [-0.3, -0.25) is 4.79 Å². The van der Waals surface area contributed by atoms with E-state index in [1.165, 1.54) is 0 Å². The zero-order chi connectivity index (χ0) is 11.4. The first kappa shape index (κ1) is 12.5. The lowest BCUT2D eigenvalue weighted by molar-refractivity contribution is -0.126. The van der Waals surface area contributed by atoms with E-state index < -0.39 is 0 Å². The summed E-state index contributed by atoms with van der Waals surface area (Å²) in [5.74, 6) is 1.46. The largest absolute Gasteiger partial charge is 0.353 e. The lowest BCUT2D eigenvalue weighted by atomic mass is 9.81. The molecule has 1 aliphatic rings. The van der Waals surface area contributed by atoms with E-state index in [0.717, 1.165) is 25.2 Å². The highest BCUT2D eigenvalue weighted by Gasteiger charge is 2.28. The second-order valence-corrected chi connectivity index (χ2v) is 5.34. The number of nitrogens with one attached hydrogen (secondary N) is 1. The molecule has 0 saturated heterocycles. The summed E-state index contributed by atoms with van der Waals surface area (Å²) in [6.07, 6.45) is 3.15. The average Bonchev–Trinajstić information content (AvgIpc) is 2.11. The van der Waals surface area contributed by atoms with Gasteiger partial charge in [0.2, 0.25) is 5.91 Å². The molecule has 0 radical (unpaired) electrons. The summed E-state index contributed by atoms with van der Waals surface area (Å²) in [5, 5.41) is 3.08. The summed E-state index contributed by atoms with van der Waals surface area (Å²) < 4.78 is 0. The van der Waals surface area contributed by atoms with Gasteiger partial charge >= 0.3 is 0 Å². The van der Waals surface area contributed by atoms with Crippen molar-refractivity contribution in [3.05, 3.63) is 0 Å². The van der Waals surface area contributed by atoms with Crippen LogP contribution in [0.5, 0.6) is 0 Å². The van der Waals surface area contributed by atoms with E-state index in [2.05, 4.69) is 26.1 Å². The summed E-state index contributed by atoms with van der Waals surface area (Å²) >= 11 is 0. The van der Waals surface area contributed by atoms with Crippen LogP contribution in [0.25, 0.3) is 0 Å². The molecule has 88 valence electrons. The standard InChI is InChI=1S/C12H24N2O/c1-8(2)4-10(7-13)12(15)14-11-5-9(3)6-11/h8-11H,4-7,13H2,1-3H3,(H,14,15). The van der Waals surface area contributed by atoms with Crippen LogP contribution >= 0.6 is 0 Å². The number of hydrogen-bond donors (Lipinski definition) is 2. The lowest BCUT2D eigenvalue weighted by Gasteiger charge is -2.34. The Kier molecular flexibility index (Phi) is 4.58. The second-order valence-electron chi connectivity index (χ2n) is 5.34. The highest BCUT2D eigenvalue weighted by molar-refractivity contribution is 5.79. The van der Waals surface area contributed by atoms with Gasteiger partial charge in [-0.1, -0.05) is 20.8 Å². The maximum Gasteiger partial charge on any atom is 0.224 e. The first-order chi connectivity index (χ1) is 7.02. The van der Waals surface area contributed by atoms with Gasteiger partial charge in [-0.25, -0.2) is 0 Å². The quantitative estimate of drug-likeness (QED) is 0.726. The number of amides is 1. The van der Waals surface area contributed by atoms with Gasteiger partial charge < -0.3 is 11.1 Å². The molecule has 0 bridgehead atoms. The Bertz CT molecular complexity index is 210. The molecule has 0 aromatic heterocycles. The summed E-state index contributed by atoms with van der Waals surface area (Å²) in [5.41, 5.74) is 5.62. The van der Waals surface area contributed by atoms with Crippen molar-refractivity contribution in [3.8, 4) is 0 Å². The van der Waals surface area contributed by atoms with Crippen LogP contribution < -0.4 is 11.1 Å². The molecule has 1 rings (SSSR count). The zero-order valence-corrected chi connectivity index (χ0v) is 10.1. The van der Waals surface area contributed by atoms with Crippen molar-refractivity contribution in [2.45, 2.75) is 46.1 Å². The van der Waals surface area contributed by atoms with Crippen LogP contribution in [-0.4, -0.2) is 18.5 Å². The zero-order valence-electron chi connectivity index (χ0n) is 10.1. The Morgan fingerprint density at radius 1 is 1.47 bits per heavy atom. The molecule has 1 atom stereocenters. The smallest absolute Gasteiger partial charge is 0.224 e. The van der Waals surface area contributed by atoms with Crippen molar-refractivity contribution in [1.82, 2.24) is 5.32 Å². The summed E-state index contributed by atoms with van der Waals surface area (Å²) in [7, 11) is 0. The fourth-order valence-electron chi connectivity index (χ4n) is 2.22. The monoisotopic (exact) mass is 212 g/mol. The number of rotatable bonds is 5. The molecule has 1 amide bonds. The van der Waals surface area contributed by atoms with Crippen molar-refractivity contribution in [1.29, 1.82) is 0 Å². The topological polar surface area (TPSA) is 55.1 Å². The summed E-state index contributed by atoms with van der Waals surface area (Å²) in [4.78, 5) is 11.8. The molecule has 15 heavy (non-hydrogen) atoms. The Morgan fingerprint density at radius 3 is 2.47 bits per heavy atom. The third kappa shape index (κ3) is 3.82. The molecule has 3 nitrogen and oxygen atoms in total. The molecule has 3 heteroatoms. The van der Waals surface area contributed by atoms with Crippen LogP contribution in [0.15, 0.2) is 0 Å². The van der Waals surface area contributed by atoms with Crippen molar-refractivity contribution in [3.63, 3.8) is 0 Å². The molecule has 0 aromatic rings. The lowest BCUT2D eigenvalue weighted by Crippen LogP contribution is -2.47. The minimum Gasteiger partial charge on any atom is -0.353 e. The van der Waals surface area contributed by atoms with Gasteiger partial charge in [0.15, 0.2) is 0 Å². The molecule has 3 N–H and O–H groups in total. The summed E-state index contributed by atoms with van der Waals surface area (Å²) in [6, 6.07) is 0.411. The molecule has 1 aliphatic carbocycles. The van der Waals surface area contributed by atoms with Gasteiger partial charge in [0.05, 0.1) is 5.92 Å². The fraction of sp³-hybridized carbons (Fsp3) is 0.917. The fourth-order valence-corrected chi connectivity index (χ4v) is 2.22. The minimum absolute atomic E-state index is 0.000839. The van der Waals surface area contributed by atoms with Crippen molar-refractivity contribution >= 4 is 5.91 Å². The van der Waals surface area contributed by atoms with Crippen LogP contribution in [0.3, 0.4) is 0 Å². The van der Waals surface area contributed by atoms with E-state index in [9.17, 15) is 4.79 Å². The van der Waals surface area contributed by atoms with E-state index in [-0.39, 0.29) is 11.8 Å². The highest BCUT2D eigenvalue weighted by Crippen LogP contribution is 2.26. The number of nitrogens with two attached hydrogens (primary N) is 1. The first-order valence-corrected chi connectivity index (χ1v) is 6.03. The maximum absolute atomic E-state index is 11.8. The number of carbonyl (C=O) groups is 1. The Morgan fingerprint density at radius 2 is 2.07 bits per heavy atom. The molecular formula is C12H24N2O. The molecule has 0 aliphatic heterocycles. The predicted octanol–water partition coefficient (Wildman–Crippen LogP) is 1.52. The first-order valence-electron chi connectivity index (χ1n) is 6.03. The second kappa shape index (κ2) is 5.50. The minimum atomic E-state index is 0.000839. The molecular weight excluding hydrogens is 188 g/mol.